The highest BCUT2D eigenvalue weighted by Crippen LogP contribution is 2.08. The number of nitrogens with two attached hydrogens (primary N) is 1. The zero-order valence-corrected chi connectivity index (χ0v) is 9.42. The van der Waals surface area contributed by atoms with Gasteiger partial charge in [0, 0.05) is 0 Å². The van der Waals surface area contributed by atoms with E-state index in [1.807, 2.05) is 36.4 Å². The maximum atomic E-state index is 11.5. The molecule has 1 aromatic carbocycles. The number of benzene rings is 1. The minimum Gasteiger partial charge on any atom is -0.369 e. The molecule has 0 aliphatic rings. The van der Waals surface area contributed by atoms with Crippen LogP contribution in [-0.2, 0) is 0 Å². The number of anilines is 1. The average molecular weight is 238 g/mol. The van der Waals surface area contributed by atoms with Crippen LogP contribution in [-0.4, -0.2) is 9.97 Å². The Balaban J connectivity index is 2.44. The summed E-state index contributed by atoms with van der Waals surface area (Å²) >= 11 is 0. The molecule has 0 bridgehead atoms. The second-order valence-corrected chi connectivity index (χ2v) is 3.57. The zero-order valence-electron chi connectivity index (χ0n) is 9.42. The molecule has 5 nitrogen and oxygen atoms in total. The van der Waals surface area contributed by atoms with Crippen LogP contribution in [0, 0.1) is 11.3 Å². The molecule has 88 valence electrons. The number of H-pyrrole nitrogens is 1. The number of rotatable bonds is 2. The Morgan fingerprint density at radius 3 is 2.67 bits per heavy atom. The Kier molecular flexibility index (Phi) is 3.21. The Hall–Kier alpha value is -2.87. The summed E-state index contributed by atoms with van der Waals surface area (Å²) in [5, 5.41) is 8.90. The normalized spacial score (nSPS) is 10.4. The Bertz CT molecular complexity index is 680. The first-order valence-corrected chi connectivity index (χ1v) is 5.23. The molecule has 0 spiro atoms. The lowest BCUT2D eigenvalue weighted by Crippen LogP contribution is -2.16. The molecule has 0 radical (unpaired) electrons. The number of aromatic nitrogens is 2. The van der Waals surface area contributed by atoms with Crippen molar-refractivity contribution in [2.75, 3.05) is 5.73 Å². The van der Waals surface area contributed by atoms with Crippen molar-refractivity contribution in [1.82, 2.24) is 9.97 Å². The van der Waals surface area contributed by atoms with Crippen LogP contribution < -0.4 is 11.3 Å². The van der Waals surface area contributed by atoms with E-state index >= 15 is 0 Å². The highest BCUT2D eigenvalue weighted by Gasteiger charge is 2.06. The molecule has 3 N–H and O–H groups in total. The molecule has 2 aromatic rings. The van der Waals surface area contributed by atoms with E-state index in [4.69, 9.17) is 11.0 Å². The van der Waals surface area contributed by atoms with Crippen molar-refractivity contribution in [1.29, 1.82) is 5.26 Å². The first-order valence-electron chi connectivity index (χ1n) is 5.23. The van der Waals surface area contributed by atoms with Crippen molar-refractivity contribution >= 4 is 18.1 Å². The van der Waals surface area contributed by atoms with E-state index in [1.54, 1.807) is 12.2 Å². The Morgan fingerprint density at radius 1 is 1.28 bits per heavy atom. The van der Waals surface area contributed by atoms with Gasteiger partial charge in [-0.25, -0.2) is 4.98 Å². The smallest absolute Gasteiger partial charge is 0.270 e. The maximum absolute atomic E-state index is 11.5. The molecular formula is C13H10N4O. The summed E-state index contributed by atoms with van der Waals surface area (Å²) in [7, 11) is 0. The summed E-state index contributed by atoms with van der Waals surface area (Å²) in [4.78, 5) is 17.7. The van der Waals surface area contributed by atoms with Gasteiger partial charge in [0.2, 0.25) is 5.95 Å². The van der Waals surface area contributed by atoms with Crippen LogP contribution in [0.3, 0.4) is 0 Å². The fourth-order valence-electron chi connectivity index (χ4n) is 1.48. The van der Waals surface area contributed by atoms with Crippen LogP contribution in [0.4, 0.5) is 5.95 Å². The highest BCUT2D eigenvalue weighted by molar-refractivity contribution is 5.70. The van der Waals surface area contributed by atoms with Crippen molar-refractivity contribution in [3.8, 4) is 6.07 Å². The van der Waals surface area contributed by atoms with Gasteiger partial charge >= 0.3 is 0 Å². The molecule has 5 heteroatoms. The van der Waals surface area contributed by atoms with E-state index in [2.05, 4.69) is 9.97 Å². The molecule has 0 saturated carbocycles. The summed E-state index contributed by atoms with van der Waals surface area (Å²) in [6, 6.07) is 11.3. The second kappa shape index (κ2) is 4.97. The third-order valence-corrected chi connectivity index (χ3v) is 2.31. The topological polar surface area (TPSA) is 95.6 Å². The number of hydrogen-bond acceptors (Lipinski definition) is 4. The predicted molar refractivity (Wildman–Crippen MR) is 69.4 cm³/mol. The van der Waals surface area contributed by atoms with Crippen LogP contribution in [0.2, 0.25) is 0 Å². The quantitative estimate of drug-likeness (QED) is 0.826. The first-order chi connectivity index (χ1) is 8.70. The van der Waals surface area contributed by atoms with E-state index in [0.717, 1.165) is 5.56 Å². The number of nitrogen functional groups attached to an aromatic ring is 1. The summed E-state index contributed by atoms with van der Waals surface area (Å²) in [6.45, 7) is 0. The van der Waals surface area contributed by atoms with E-state index in [-0.39, 0.29) is 17.2 Å². The summed E-state index contributed by atoms with van der Waals surface area (Å²) in [6.07, 6.45) is 3.36. The van der Waals surface area contributed by atoms with Gasteiger partial charge in [-0.1, -0.05) is 36.4 Å². The Labute approximate surface area is 103 Å². The number of nitrogens with one attached hydrogen (secondary N) is 1. The fraction of sp³-hybridized carbons (Fsp3) is 0. The third-order valence-electron chi connectivity index (χ3n) is 2.31. The van der Waals surface area contributed by atoms with Gasteiger partial charge in [0.05, 0.1) is 5.69 Å². The van der Waals surface area contributed by atoms with Crippen molar-refractivity contribution < 1.29 is 0 Å². The molecule has 0 aliphatic heterocycles. The molecule has 1 heterocycles. The van der Waals surface area contributed by atoms with Crippen molar-refractivity contribution in [2.45, 2.75) is 0 Å². The Morgan fingerprint density at radius 2 is 2.00 bits per heavy atom. The lowest BCUT2D eigenvalue weighted by molar-refractivity contribution is 1.10. The third kappa shape index (κ3) is 2.44. The number of nitriles is 1. The molecule has 18 heavy (non-hydrogen) atoms. The lowest BCUT2D eigenvalue weighted by atomic mass is 10.1. The van der Waals surface area contributed by atoms with Gasteiger partial charge in [-0.05, 0) is 11.6 Å². The molecule has 1 aromatic heterocycles. The van der Waals surface area contributed by atoms with Crippen LogP contribution in [0.15, 0.2) is 35.1 Å². The maximum Gasteiger partial charge on any atom is 0.270 e. The van der Waals surface area contributed by atoms with Crippen LogP contribution in [0.5, 0.6) is 0 Å². The summed E-state index contributed by atoms with van der Waals surface area (Å²) < 4.78 is 0. The van der Waals surface area contributed by atoms with Gasteiger partial charge in [0.15, 0.2) is 0 Å². The second-order valence-electron chi connectivity index (χ2n) is 3.57. The average Bonchev–Trinajstić information content (AvgIpc) is 2.37. The minimum absolute atomic E-state index is 0.00767. The standard InChI is InChI=1S/C13H10N4O/c14-8-10-11(16-13(15)17-12(10)18)7-6-9-4-2-1-3-5-9/h1-7H,(H3,15,16,17,18)/b7-6+. The summed E-state index contributed by atoms with van der Waals surface area (Å²) in [5.74, 6) is -0.00767. The van der Waals surface area contributed by atoms with E-state index in [1.165, 1.54) is 0 Å². The van der Waals surface area contributed by atoms with Crippen molar-refractivity contribution in [3.63, 3.8) is 0 Å². The van der Waals surface area contributed by atoms with Gasteiger partial charge in [-0.3, -0.25) is 9.78 Å². The number of hydrogen-bond donors (Lipinski definition) is 2. The zero-order chi connectivity index (χ0) is 13.0. The van der Waals surface area contributed by atoms with Crippen molar-refractivity contribution in [2.24, 2.45) is 0 Å². The molecule has 0 unspecified atom stereocenters. The van der Waals surface area contributed by atoms with Crippen LogP contribution >= 0.6 is 0 Å². The largest absolute Gasteiger partial charge is 0.369 e. The van der Waals surface area contributed by atoms with Gasteiger partial charge in [-0.15, -0.1) is 0 Å². The van der Waals surface area contributed by atoms with Gasteiger partial charge in [0.25, 0.3) is 5.56 Å². The van der Waals surface area contributed by atoms with E-state index in [9.17, 15) is 4.79 Å². The molecule has 0 fully saturated rings. The van der Waals surface area contributed by atoms with E-state index in [0.29, 0.717) is 0 Å². The van der Waals surface area contributed by atoms with Gasteiger partial charge in [0.1, 0.15) is 11.6 Å². The fourth-order valence-corrected chi connectivity index (χ4v) is 1.48. The molecular weight excluding hydrogens is 228 g/mol. The van der Waals surface area contributed by atoms with E-state index < -0.39 is 5.56 Å². The molecule has 2 rings (SSSR count). The lowest BCUT2D eigenvalue weighted by Gasteiger charge is -1.98. The SMILES string of the molecule is N#Cc1c(/C=C/c2ccccc2)nc(N)[nH]c1=O. The van der Waals surface area contributed by atoms with Crippen LogP contribution in [0.25, 0.3) is 12.2 Å². The highest BCUT2D eigenvalue weighted by atomic mass is 16.1. The van der Waals surface area contributed by atoms with Gasteiger partial charge in [-0.2, -0.15) is 5.26 Å². The molecule has 0 amide bonds. The number of nitrogens with zero attached hydrogens (tertiary/aromatic N) is 2. The molecule has 0 aliphatic carbocycles. The molecule has 0 atom stereocenters. The molecule has 0 saturated heterocycles. The van der Waals surface area contributed by atoms with Crippen LogP contribution in [0.1, 0.15) is 16.8 Å². The number of aromatic amines is 1. The first kappa shape index (κ1) is 11.6. The summed E-state index contributed by atoms with van der Waals surface area (Å²) in [5.41, 5.74) is 6.08. The van der Waals surface area contributed by atoms with Crippen molar-refractivity contribution in [3.05, 3.63) is 57.5 Å². The minimum atomic E-state index is -0.530. The predicted octanol–water partition coefficient (Wildman–Crippen LogP) is 1.39. The van der Waals surface area contributed by atoms with Gasteiger partial charge < -0.3 is 5.73 Å². The monoisotopic (exact) mass is 238 g/mol.